The molecule has 52 heavy (non-hydrogen) atoms. The van der Waals surface area contributed by atoms with E-state index >= 15 is 0 Å². The molecule has 0 radical (unpaired) electrons. The third-order valence-corrected chi connectivity index (χ3v) is 9.10. The Morgan fingerprint density at radius 1 is 0.442 bits per heavy atom. The standard InChI is InChI=1S/C44H27N7.Ni/c45-51-50-39-27-38-42(30-17-9-3-10-18-30)36-24-23-34(47-36)40(28-13-5-1-6-14-28)32-21-22-33(46-32)41(29-15-7-2-8-16-29)35-25-26-37(48-35)43(44(39)49-38)31-19-11-4-12-20-31;/h1-27H;/q-2;+2. The van der Waals surface area contributed by atoms with Crippen LogP contribution in [0.2, 0.25) is 0 Å². The van der Waals surface area contributed by atoms with Crippen LogP contribution in [0.3, 0.4) is 0 Å². The Labute approximate surface area is 309 Å². The van der Waals surface area contributed by atoms with E-state index in [2.05, 4.69) is 46.4 Å². The monoisotopic (exact) mass is 711 g/mol. The molecule has 0 unspecified atom stereocenters. The first-order chi connectivity index (χ1) is 25.2. The van der Waals surface area contributed by atoms with Gasteiger partial charge in [-0.3, -0.25) is 0 Å². The van der Waals surface area contributed by atoms with Crippen molar-refractivity contribution in [1.29, 1.82) is 0 Å². The van der Waals surface area contributed by atoms with E-state index in [1.807, 2.05) is 127 Å². The molecule has 0 saturated carbocycles. The summed E-state index contributed by atoms with van der Waals surface area (Å²) < 4.78 is 0. The second-order valence-corrected chi connectivity index (χ2v) is 12.2. The Bertz CT molecular complexity index is 2730. The summed E-state index contributed by atoms with van der Waals surface area (Å²) in [6, 6.07) is 48.6. The third kappa shape index (κ3) is 5.82. The van der Waals surface area contributed by atoms with Gasteiger partial charge in [-0.1, -0.05) is 151 Å². The predicted molar refractivity (Wildman–Crippen MR) is 207 cm³/mol. The van der Waals surface area contributed by atoms with Gasteiger partial charge in [-0.15, -0.1) is 22.1 Å². The van der Waals surface area contributed by atoms with Crippen LogP contribution < -0.4 is 9.97 Å². The molecule has 3 aromatic heterocycles. The van der Waals surface area contributed by atoms with Crippen molar-refractivity contribution < 1.29 is 16.5 Å². The number of rotatable bonds is 5. The summed E-state index contributed by atoms with van der Waals surface area (Å²) in [5.41, 5.74) is 23.2. The number of aromatic nitrogens is 4. The minimum atomic E-state index is 0. The molecule has 5 heterocycles. The molecule has 248 valence electrons. The zero-order valence-electron chi connectivity index (χ0n) is 27.5. The van der Waals surface area contributed by atoms with Crippen LogP contribution in [0.5, 0.6) is 0 Å². The molecule has 9 rings (SSSR count). The van der Waals surface area contributed by atoms with Crippen LogP contribution in [0.25, 0.3) is 101 Å². The summed E-state index contributed by atoms with van der Waals surface area (Å²) >= 11 is 0. The fourth-order valence-corrected chi connectivity index (χ4v) is 6.87. The third-order valence-electron chi connectivity index (χ3n) is 9.10. The smallest absolute Gasteiger partial charge is 0.657 e. The van der Waals surface area contributed by atoms with Crippen molar-refractivity contribution in [3.63, 3.8) is 0 Å². The Kier molecular flexibility index (Phi) is 8.68. The maximum absolute atomic E-state index is 9.78. The Hall–Kier alpha value is -6.72. The topological polar surface area (TPSA) is 103 Å². The molecule has 0 amide bonds. The van der Waals surface area contributed by atoms with E-state index in [9.17, 15) is 5.53 Å². The molecule has 8 bridgehead atoms. The summed E-state index contributed by atoms with van der Waals surface area (Å²) in [6.07, 6.45) is 5.98. The van der Waals surface area contributed by atoms with Gasteiger partial charge in [0.05, 0.1) is 28.5 Å². The molecule has 0 N–H and O–H groups in total. The Balaban J connectivity index is 0.00000387. The summed E-state index contributed by atoms with van der Waals surface area (Å²) in [6.45, 7) is 0. The average Bonchev–Trinajstić information content (AvgIpc) is 4.01. The maximum atomic E-state index is 9.78. The van der Waals surface area contributed by atoms with Crippen molar-refractivity contribution >= 4 is 46.0 Å². The molecule has 2 aliphatic rings. The Morgan fingerprint density at radius 2 is 0.808 bits per heavy atom. The van der Waals surface area contributed by atoms with Gasteiger partial charge in [-0.25, -0.2) is 9.97 Å². The number of azide groups is 1. The van der Waals surface area contributed by atoms with Crippen LogP contribution in [-0.2, 0) is 16.5 Å². The average molecular weight is 712 g/mol. The second kappa shape index (κ2) is 13.9. The second-order valence-electron chi connectivity index (χ2n) is 12.2. The van der Waals surface area contributed by atoms with E-state index in [-0.39, 0.29) is 16.5 Å². The molecule has 8 heteroatoms. The summed E-state index contributed by atoms with van der Waals surface area (Å²) in [7, 11) is 0. The minimum Gasteiger partial charge on any atom is -0.657 e. The zero-order chi connectivity index (χ0) is 34.1. The fourth-order valence-electron chi connectivity index (χ4n) is 6.87. The summed E-state index contributed by atoms with van der Waals surface area (Å²) in [4.78, 5) is 24.3. The molecule has 7 nitrogen and oxygen atoms in total. The molecule has 0 fully saturated rings. The summed E-state index contributed by atoms with van der Waals surface area (Å²) in [5.74, 6) is 0. The van der Waals surface area contributed by atoms with Gasteiger partial charge in [0.1, 0.15) is 0 Å². The normalized spacial score (nSPS) is 11.7. The van der Waals surface area contributed by atoms with Gasteiger partial charge in [0.25, 0.3) is 0 Å². The van der Waals surface area contributed by atoms with E-state index in [0.717, 1.165) is 72.4 Å². The molecule has 4 aromatic carbocycles. The van der Waals surface area contributed by atoms with Gasteiger partial charge >= 0.3 is 16.5 Å². The van der Waals surface area contributed by atoms with E-state index in [0.29, 0.717) is 22.6 Å². The van der Waals surface area contributed by atoms with Crippen molar-refractivity contribution in [2.24, 2.45) is 5.11 Å². The minimum absolute atomic E-state index is 0. The van der Waals surface area contributed by atoms with Crippen molar-refractivity contribution in [2.45, 2.75) is 0 Å². The van der Waals surface area contributed by atoms with Gasteiger partial charge in [-0.2, -0.15) is 0 Å². The van der Waals surface area contributed by atoms with Crippen molar-refractivity contribution in [3.8, 4) is 44.5 Å². The van der Waals surface area contributed by atoms with Gasteiger partial charge in [0.2, 0.25) is 0 Å². The first-order valence-electron chi connectivity index (χ1n) is 16.6. The van der Waals surface area contributed by atoms with E-state index in [1.54, 1.807) is 0 Å². The number of hydrogen-bond donors (Lipinski definition) is 0. The van der Waals surface area contributed by atoms with Gasteiger partial charge in [0, 0.05) is 4.91 Å². The first kappa shape index (κ1) is 32.5. The van der Waals surface area contributed by atoms with E-state index in [1.165, 1.54) is 0 Å². The molecule has 0 spiro atoms. The van der Waals surface area contributed by atoms with Crippen LogP contribution in [0.1, 0.15) is 22.8 Å². The molecule has 0 saturated heterocycles. The quantitative estimate of drug-likeness (QED) is 0.0767. The molecule has 0 aliphatic carbocycles. The number of fused-ring (bicyclic) bond motifs is 8. The number of benzene rings is 4. The van der Waals surface area contributed by atoms with Crippen molar-refractivity contribution in [3.05, 3.63) is 179 Å². The van der Waals surface area contributed by atoms with Crippen molar-refractivity contribution in [1.82, 2.24) is 19.9 Å². The molecule has 2 aliphatic heterocycles. The SMILES string of the molecule is [N-]=[N+]=NC1=Cc2nc1c(-c1ccccc1)c1ccc([n-]1)c(-c1ccccc1)c1nc(c(-c3ccccc3)c3ccc([n-]3)c2-c2ccccc2)C=C1.[Ni+2]. The predicted octanol–water partition coefficient (Wildman–Crippen LogP) is 11.2. The van der Waals surface area contributed by atoms with Gasteiger partial charge in [0.15, 0.2) is 0 Å². The van der Waals surface area contributed by atoms with Crippen LogP contribution >= 0.6 is 0 Å². The molecule has 7 aromatic rings. The van der Waals surface area contributed by atoms with Crippen LogP contribution in [0, 0.1) is 0 Å². The van der Waals surface area contributed by atoms with Gasteiger partial charge < -0.3 is 9.97 Å². The Morgan fingerprint density at radius 3 is 1.21 bits per heavy atom. The molecule has 0 atom stereocenters. The van der Waals surface area contributed by atoms with Crippen LogP contribution in [0.15, 0.2) is 151 Å². The largest absolute Gasteiger partial charge is 2.00 e. The summed E-state index contributed by atoms with van der Waals surface area (Å²) in [5, 5.41) is 4.18. The fraction of sp³-hybridized carbons (Fsp3) is 0. The molecular formula is C44H27N7Ni. The number of hydrogen-bond acceptors (Lipinski definition) is 3. The maximum Gasteiger partial charge on any atom is 2.00 e. The van der Waals surface area contributed by atoms with Crippen molar-refractivity contribution in [2.75, 3.05) is 0 Å². The van der Waals surface area contributed by atoms with Gasteiger partial charge in [-0.05, 0) is 68.3 Å². The molecular weight excluding hydrogens is 685 g/mol. The zero-order valence-corrected chi connectivity index (χ0v) is 28.5. The van der Waals surface area contributed by atoms with Crippen LogP contribution in [0.4, 0.5) is 0 Å². The van der Waals surface area contributed by atoms with E-state index in [4.69, 9.17) is 19.9 Å². The number of nitrogens with zero attached hydrogens (tertiary/aromatic N) is 7. The van der Waals surface area contributed by atoms with Crippen LogP contribution in [-0.4, -0.2) is 9.97 Å². The first-order valence-corrected chi connectivity index (χ1v) is 16.6. The van der Waals surface area contributed by atoms with E-state index < -0.39 is 0 Å².